The monoisotopic (exact) mass is 1640 g/mol. The minimum Gasteiger partial charge on any atom is -0.455 e. The number of fused-ring (bicyclic) bond motifs is 29. The number of rotatable bonds is 10. The average Bonchev–Trinajstić information content (AvgIpc) is 1.53. The van der Waals surface area contributed by atoms with Crippen LogP contribution in [0.15, 0.2) is 417 Å². The topological polar surface area (TPSA) is 84.4 Å². The van der Waals surface area contributed by atoms with Crippen LogP contribution in [0.3, 0.4) is 0 Å². The van der Waals surface area contributed by atoms with Gasteiger partial charge < -0.3 is 13.6 Å². The Hall–Kier alpha value is -16.9. The predicted molar refractivity (Wildman–Crippen MR) is 535 cm³/mol. The van der Waals surface area contributed by atoms with Crippen LogP contribution in [0, 0.1) is 0 Å². The second kappa shape index (κ2) is 27.3. The standard InChI is InChI=1S/C118H68N8OS/c1-4-27-71(28-5-1)111-86-39-14-20-45-96(86)119-117(121-111)125-100-49-24-18-41-88(100)107-109-90-60-55-75(69-51-53-70(54-52-69)93-68-79(63-76-31-10-11-34-80(76)93)124-99-48-23-17-36-83(99)95-65-74(58-62-102(95)124)73-57-61-101-94(64-73)82-35-16-22-47-98(82)123(101)78-32-8-3-9-33-78)67-104(90)127-115(109)106-81(43-26-44-92(106)114(107)125)77-56-59-89-103(66-77)126(118-120-97-46-21-15-40-87(97)112(122-118)72-29-6-2-7-30-72)113-84-37-12-13-38-85(84)116-110(108(89)113)91-42-19-25-50-105(91)128-116/h1-68H. The molecule has 20 aromatic carbocycles. The number of aromatic nitrogens is 8. The maximum Gasteiger partial charge on any atom is 0.235 e. The molecule has 0 fully saturated rings. The summed E-state index contributed by atoms with van der Waals surface area (Å²) < 4.78 is 19.8. The number of hydrogen-bond donors (Lipinski definition) is 0. The Kier molecular flexibility index (Phi) is 15.1. The Morgan fingerprint density at radius 3 is 1.34 bits per heavy atom. The maximum atomic E-state index is 7.81. The number of nitrogens with zero attached hydrogens (tertiary/aromatic N) is 8. The van der Waals surface area contributed by atoms with Gasteiger partial charge in [0.05, 0.1) is 66.6 Å². The van der Waals surface area contributed by atoms with Crippen molar-refractivity contribution in [3.63, 3.8) is 0 Å². The summed E-state index contributed by atoms with van der Waals surface area (Å²) in [4.78, 5) is 22.6. The van der Waals surface area contributed by atoms with Crippen molar-refractivity contribution in [1.82, 2.24) is 38.2 Å². The van der Waals surface area contributed by atoms with Crippen LogP contribution in [0.2, 0.25) is 0 Å². The van der Waals surface area contributed by atoms with Crippen LogP contribution in [0.5, 0.6) is 0 Å². The zero-order chi connectivity index (χ0) is 83.5. The van der Waals surface area contributed by atoms with Crippen LogP contribution >= 0.6 is 11.3 Å². The normalized spacial score (nSPS) is 12.2. The van der Waals surface area contributed by atoms with Crippen molar-refractivity contribution in [2.45, 2.75) is 0 Å². The van der Waals surface area contributed by atoms with E-state index in [2.05, 4.69) is 431 Å². The van der Waals surface area contributed by atoms with Crippen molar-refractivity contribution in [1.29, 1.82) is 0 Å². The van der Waals surface area contributed by atoms with Crippen LogP contribution < -0.4 is 0 Å². The fraction of sp³-hybridized carbons (Fsp3) is 0. The Bertz CT molecular complexity index is 9650. The van der Waals surface area contributed by atoms with Crippen LogP contribution in [0.1, 0.15) is 0 Å². The molecule has 28 aromatic rings. The molecule has 28 rings (SSSR count). The number of benzene rings is 20. The molecule has 0 aliphatic carbocycles. The van der Waals surface area contributed by atoms with Crippen LogP contribution in [0.25, 0.3) is 274 Å². The number of furan rings is 1. The van der Waals surface area contributed by atoms with E-state index in [0.717, 1.165) is 176 Å². The summed E-state index contributed by atoms with van der Waals surface area (Å²) in [5, 5.41) is 22.3. The predicted octanol–water partition coefficient (Wildman–Crippen LogP) is 31.7. The Morgan fingerprint density at radius 1 is 0.219 bits per heavy atom. The third-order valence-electron chi connectivity index (χ3n) is 26.9. The van der Waals surface area contributed by atoms with Crippen molar-refractivity contribution >= 4 is 195 Å². The highest BCUT2D eigenvalue weighted by molar-refractivity contribution is 7.27. The van der Waals surface area contributed by atoms with Crippen molar-refractivity contribution < 1.29 is 4.42 Å². The first kappa shape index (κ1) is 70.6. The van der Waals surface area contributed by atoms with Crippen molar-refractivity contribution in [2.75, 3.05) is 0 Å². The largest absolute Gasteiger partial charge is 0.455 e. The zero-order valence-electron chi connectivity index (χ0n) is 68.7. The molecule has 0 saturated carbocycles. The Morgan fingerprint density at radius 2 is 0.680 bits per heavy atom. The van der Waals surface area contributed by atoms with Gasteiger partial charge in [-0.2, -0.15) is 0 Å². The number of thiophene rings is 1. The summed E-state index contributed by atoms with van der Waals surface area (Å²) in [7, 11) is 0. The molecule has 0 spiro atoms. The third kappa shape index (κ3) is 10.3. The van der Waals surface area contributed by atoms with Gasteiger partial charge in [0.1, 0.15) is 11.2 Å². The molecule has 9 nitrogen and oxygen atoms in total. The molecule has 0 atom stereocenters. The van der Waals surface area contributed by atoms with E-state index in [0.29, 0.717) is 11.9 Å². The summed E-state index contributed by atoms with van der Waals surface area (Å²) in [5.41, 5.74) is 26.7. The highest BCUT2D eigenvalue weighted by Gasteiger charge is 2.30. The lowest BCUT2D eigenvalue weighted by molar-refractivity contribution is 0.673. The second-order valence-electron chi connectivity index (χ2n) is 33.8. The maximum absolute atomic E-state index is 7.81. The van der Waals surface area contributed by atoms with E-state index in [4.69, 9.17) is 24.4 Å². The van der Waals surface area contributed by atoms with Gasteiger partial charge in [0.15, 0.2) is 0 Å². The first-order valence-electron chi connectivity index (χ1n) is 43.6. The van der Waals surface area contributed by atoms with E-state index in [1.165, 1.54) is 85.4 Å². The minimum absolute atomic E-state index is 0.574. The third-order valence-corrected chi connectivity index (χ3v) is 28.1. The van der Waals surface area contributed by atoms with E-state index >= 15 is 0 Å². The van der Waals surface area contributed by atoms with Crippen LogP contribution in [0.4, 0.5) is 0 Å². The van der Waals surface area contributed by atoms with E-state index in [1.54, 1.807) is 0 Å². The molecule has 0 N–H and O–H groups in total. The second-order valence-corrected chi connectivity index (χ2v) is 34.8. The smallest absolute Gasteiger partial charge is 0.235 e. The van der Waals surface area contributed by atoms with E-state index in [1.807, 2.05) is 11.3 Å². The molecule has 8 aromatic heterocycles. The van der Waals surface area contributed by atoms with E-state index < -0.39 is 0 Å². The molecule has 0 aliphatic rings. The van der Waals surface area contributed by atoms with Gasteiger partial charge in [0.2, 0.25) is 11.9 Å². The lowest BCUT2D eigenvalue weighted by Crippen LogP contribution is -2.04. The SMILES string of the molecule is c1ccc(-c2nc(-n3c4ccccc4c4c5c6ccc(-c7ccc(-c8cc(-n9c%10ccccc%10c%10cc(-c%11ccc%12c(c%11)c%11ccccc%11n%12-c%11ccccc%11)ccc%109)cc9ccccc89)cc7)cc6oc5c5c(-c6ccc7c8c9c%10ccccc%10sc9c9ccccc9c8n(-c8nc(-c9ccccc9)c9ccccc9n8)c7c6)cccc5c43)nc3ccccc23)cc1. The van der Waals surface area contributed by atoms with Gasteiger partial charge >= 0.3 is 0 Å². The summed E-state index contributed by atoms with van der Waals surface area (Å²) >= 11 is 1.86. The fourth-order valence-corrected chi connectivity index (χ4v) is 22.6. The highest BCUT2D eigenvalue weighted by Crippen LogP contribution is 2.53. The summed E-state index contributed by atoms with van der Waals surface area (Å²) in [6, 6.07) is 150. The zero-order valence-corrected chi connectivity index (χ0v) is 69.5. The van der Waals surface area contributed by atoms with Crippen LogP contribution in [-0.4, -0.2) is 38.2 Å². The van der Waals surface area contributed by atoms with Gasteiger partial charge in [-0.05, 0) is 158 Å². The Labute approximate surface area is 735 Å². The first-order valence-corrected chi connectivity index (χ1v) is 44.4. The Balaban J connectivity index is 0.637. The van der Waals surface area contributed by atoms with Gasteiger partial charge in [-0.1, -0.05) is 309 Å². The molecule has 0 bridgehead atoms. The molecule has 0 amide bonds. The fourth-order valence-electron chi connectivity index (χ4n) is 21.3. The lowest BCUT2D eigenvalue weighted by atomic mass is 9.92. The van der Waals surface area contributed by atoms with E-state index in [9.17, 15) is 0 Å². The first-order chi connectivity index (χ1) is 63.5. The summed E-state index contributed by atoms with van der Waals surface area (Å²) in [6.07, 6.45) is 0. The molecule has 0 saturated heterocycles. The van der Waals surface area contributed by atoms with E-state index in [-0.39, 0.29) is 0 Å². The quantitative estimate of drug-likeness (QED) is 0.136. The minimum atomic E-state index is 0.574. The van der Waals surface area contributed by atoms with Gasteiger partial charge in [0.25, 0.3) is 0 Å². The summed E-state index contributed by atoms with van der Waals surface area (Å²) in [5.74, 6) is 1.16. The highest BCUT2D eigenvalue weighted by atomic mass is 32.1. The van der Waals surface area contributed by atoms with Crippen LogP contribution in [-0.2, 0) is 0 Å². The van der Waals surface area contributed by atoms with Crippen molar-refractivity contribution in [3.05, 3.63) is 413 Å². The average molecular weight is 1650 g/mol. The molecule has 0 unspecified atom stereocenters. The number of para-hydroxylation sites is 6. The molecule has 0 aliphatic heterocycles. The summed E-state index contributed by atoms with van der Waals surface area (Å²) in [6.45, 7) is 0. The molecular weight excluding hydrogens is 1580 g/mol. The van der Waals surface area contributed by atoms with Gasteiger partial charge in [-0.3, -0.25) is 9.13 Å². The van der Waals surface area contributed by atoms with Gasteiger partial charge in [0, 0.05) is 129 Å². The number of hydrogen-bond acceptors (Lipinski definition) is 6. The molecule has 592 valence electrons. The molecular formula is C118H68N8OS. The lowest BCUT2D eigenvalue weighted by Gasteiger charge is -2.15. The molecule has 8 heterocycles. The van der Waals surface area contributed by atoms with Gasteiger partial charge in [-0.25, -0.2) is 19.9 Å². The van der Waals surface area contributed by atoms with Gasteiger partial charge in [-0.15, -0.1) is 11.3 Å². The molecule has 10 heteroatoms. The molecule has 0 radical (unpaired) electrons. The van der Waals surface area contributed by atoms with Crippen molar-refractivity contribution in [3.8, 4) is 90.3 Å². The molecule has 128 heavy (non-hydrogen) atoms. The van der Waals surface area contributed by atoms with Crippen molar-refractivity contribution in [2.24, 2.45) is 0 Å².